The maximum atomic E-state index is 5.41. The Morgan fingerprint density at radius 3 is 2.38 bits per heavy atom. The maximum absolute atomic E-state index is 5.41. The van der Waals surface area contributed by atoms with Crippen LogP contribution < -0.4 is 4.74 Å². The second-order valence-electron chi connectivity index (χ2n) is 9.84. The summed E-state index contributed by atoms with van der Waals surface area (Å²) in [6.07, 6.45) is 25.0. The van der Waals surface area contributed by atoms with Crippen molar-refractivity contribution in [2.75, 3.05) is 7.11 Å². The molecular weight excluding hydrogens is 352 g/mol. The number of allylic oxidation sites excluding steroid dienone is 2. The molecule has 0 aromatic heterocycles. The molecule has 1 fully saturated rings. The third kappa shape index (κ3) is 6.90. The molecule has 0 saturated heterocycles. The van der Waals surface area contributed by atoms with Gasteiger partial charge in [0.25, 0.3) is 0 Å². The van der Waals surface area contributed by atoms with Gasteiger partial charge in [0.2, 0.25) is 0 Å². The number of methoxy groups -OCH3 is 1. The van der Waals surface area contributed by atoms with Gasteiger partial charge < -0.3 is 4.74 Å². The molecule has 1 unspecified atom stereocenters. The van der Waals surface area contributed by atoms with Gasteiger partial charge in [-0.2, -0.15) is 0 Å². The zero-order valence-corrected chi connectivity index (χ0v) is 19.2. The first kappa shape index (κ1) is 22.4. The molecule has 1 aromatic carbocycles. The molecule has 29 heavy (non-hydrogen) atoms. The van der Waals surface area contributed by atoms with E-state index in [1.165, 1.54) is 108 Å². The van der Waals surface area contributed by atoms with Gasteiger partial charge in [0.05, 0.1) is 7.11 Å². The van der Waals surface area contributed by atoms with Gasteiger partial charge in [-0.1, -0.05) is 69.2 Å². The molecule has 2 aliphatic carbocycles. The number of hydrogen-bond acceptors (Lipinski definition) is 1. The smallest absolute Gasteiger partial charge is 0.118 e. The first-order valence-corrected chi connectivity index (χ1v) is 12.6. The van der Waals surface area contributed by atoms with Gasteiger partial charge in [0, 0.05) is 0 Å². The minimum absolute atomic E-state index is 0.638. The van der Waals surface area contributed by atoms with Crippen LogP contribution >= 0.6 is 0 Å². The second kappa shape index (κ2) is 11.8. The number of unbranched alkanes of at least 4 members (excludes halogenated alkanes) is 2. The summed E-state index contributed by atoms with van der Waals surface area (Å²) < 4.78 is 5.41. The normalized spacial score (nSPS) is 20.1. The van der Waals surface area contributed by atoms with Gasteiger partial charge in [-0.3, -0.25) is 0 Å². The minimum atomic E-state index is 0.638. The van der Waals surface area contributed by atoms with Gasteiger partial charge in [0.1, 0.15) is 5.75 Å². The van der Waals surface area contributed by atoms with E-state index in [0.29, 0.717) is 11.3 Å². The summed E-state index contributed by atoms with van der Waals surface area (Å²) in [6, 6.07) is 8.99. The van der Waals surface area contributed by atoms with E-state index in [-0.39, 0.29) is 0 Å². The van der Waals surface area contributed by atoms with Crippen LogP contribution in [0, 0.1) is 5.41 Å². The molecule has 0 spiro atoms. The molecule has 0 radical (unpaired) electrons. The van der Waals surface area contributed by atoms with Crippen LogP contribution in [0.1, 0.15) is 121 Å². The molecule has 1 saturated carbocycles. The summed E-state index contributed by atoms with van der Waals surface area (Å²) in [5.74, 6) is 1.66. The largest absolute Gasteiger partial charge is 0.497 e. The summed E-state index contributed by atoms with van der Waals surface area (Å²) in [5.41, 5.74) is 3.89. The molecule has 1 nitrogen and oxygen atoms in total. The Morgan fingerprint density at radius 1 is 0.931 bits per heavy atom. The number of ether oxygens (including phenoxy) is 1. The van der Waals surface area contributed by atoms with Crippen molar-refractivity contribution in [1.82, 2.24) is 0 Å². The van der Waals surface area contributed by atoms with Crippen molar-refractivity contribution in [1.29, 1.82) is 0 Å². The summed E-state index contributed by atoms with van der Waals surface area (Å²) in [6.45, 7) is 2.34. The summed E-state index contributed by atoms with van der Waals surface area (Å²) in [4.78, 5) is 0. The molecule has 0 amide bonds. The quantitative estimate of drug-likeness (QED) is 0.268. The lowest BCUT2D eigenvalue weighted by Crippen LogP contribution is -2.25. The average Bonchev–Trinajstić information content (AvgIpc) is 2.78. The third-order valence-electron chi connectivity index (χ3n) is 7.73. The van der Waals surface area contributed by atoms with Crippen LogP contribution in [-0.2, 0) is 0 Å². The van der Waals surface area contributed by atoms with Crippen LogP contribution in [0.25, 0.3) is 0 Å². The molecule has 0 heterocycles. The van der Waals surface area contributed by atoms with E-state index >= 15 is 0 Å². The molecule has 0 aliphatic heterocycles. The van der Waals surface area contributed by atoms with Gasteiger partial charge in [-0.25, -0.2) is 0 Å². The van der Waals surface area contributed by atoms with E-state index in [2.05, 4.69) is 37.3 Å². The summed E-state index contributed by atoms with van der Waals surface area (Å²) in [7, 11) is 1.77. The van der Waals surface area contributed by atoms with Gasteiger partial charge in [0.15, 0.2) is 0 Å². The van der Waals surface area contributed by atoms with E-state index in [9.17, 15) is 0 Å². The number of benzene rings is 1. The van der Waals surface area contributed by atoms with Crippen LogP contribution in [0.4, 0.5) is 0 Å². The van der Waals surface area contributed by atoms with Crippen molar-refractivity contribution in [2.24, 2.45) is 5.41 Å². The van der Waals surface area contributed by atoms with E-state index in [0.717, 1.165) is 5.75 Å². The average molecular weight is 397 g/mol. The molecular formula is C28H44O. The minimum Gasteiger partial charge on any atom is -0.497 e. The van der Waals surface area contributed by atoms with Gasteiger partial charge in [-0.05, 0) is 93.2 Å². The Hall–Kier alpha value is -1.24. The standard InChI is InChI=1S/C28H44O/c1-3-4-9-19-28(20-10-6-11-21-28)22-18-26(23-24-12-7-5-8-13-24)25-14-16-27(29-2)17-15-25/h12,14-17,26H,3-11,13,18-23H2,1-2H3. The van der Waals surface area contributed by atoms with Crippen LogP contribution in [-0.4, -0.2) is 7.11 Å². The highest BCUT2D eigenvalue weighted by atomic mass is 16.5. The topological polar surface area (TPSA) is 9.23 Å². The highest BCUT2D eigenvalue weighted by molar-refractivity contribution is 5.30. The Bertz CT molecular complexity index is 606. The number of hydrogen-bond donors (Lipinski definition) is 0. The Kier molecular flexibility index (Phi) is 9.15. The second-order valence-corrected chi connectivity index (χ2v) is 9.84. The van der Waals surface area contributed by atoms with Crippen molar-refractivity contribution >= 4 is 0 Å². The zero-order chi connectivity index (χ0) is 20.4. The summed E-state index contributed by atoms with van der Waals surface area (Å²) >= 11 is 0. The fourth-order valence-electron chi connectivity index (χ4n) is 5.83. The Labute approximate surface area is 180 Å². The highest BCUT2D eigenvalue weighted by Gasteiger charge is 2.32. The van der Waals surface area contributed by atoms with Gasteiger partial charge in [-0.15, -0.1) is 0 Å². The van der Waals surface area contributed by atoms with Crippen LogP contribution in [0.2, 0.25) is 0 Å². The lowest BCUT2D eigenvalue weighted by molar-refractivity contribution is 0.144. The Balaban J connectivity index is 1.70. The van der Waals surface area contributed by atoms with E-state index in [1.54, 1.807) is 12.7 Å². The van der Waals surface area contributed by atoms with Crippen LogP contribution in [0.15, 0.2) is 35.9 Å². The van der Waals surface area contributed by atoms with Crippen molar-refractivity contribution in [2.45, 2.75) is 116 Å². The van der Waals surface area contributed by atoms with Crippen LogP contribution in [0.5, 0.6) is 5.75 Å². The molecule has 162 valence electrons. The predicted octanol–water partition coefficient (Wildman–Crippen LogP) is 8.98. The molecule has 0 bridgehead atoms. The van der Waals surface area contributed by atoms with Crippen molar-refractivity contribution in [3.8, 4) is 5.75 Å². The van der Waals surface area contributed by atoms with Crippen molar-refractivity contribution in [3.05, 3.63) is 41.5 Å². The third-order valence-corrected chi connectivity index (χ3v) is 7.73. The number of rotatable bonds is 11. The zero-order valence-electron chi connectivity index (χ0n) is 19.2. The highest BCUT2D eigenvalue weighted by Crippen LogP contribution is 2.46. The monoisotopic (exact) mass is 396 g/mol. The van der Waals surface area contributed by atoms with E-state index in [1.807, 2.05) is 0 Å². The molecule has 1 heteroatoms. The van der Waals surface area contributed by atoms with Crippen molar-refractivity contribution in [3.63, 3.8) is 0 Å². The fraction of sp³-hybridized carbons (Fsp3) is 0.714. The molecule has 0 N–H and O–H groups in total. The SMILES string of the molecule is CCCCCC1(CCC(CC2=CCCCC2)c2ccc(OC)cc2)CCCCC1. The first-order chi connectivity index (χ1) is 14.2. The molecule has 2 aliphatic rings. The van der Waals surface area contributed by atoms with E-state index < -0.39 is 0 Å². The van der Waals surface area contributed by atoms with Crippen LogP contribution in [0.3, 0.4) is 0 Å². The lowest BCUT2D eigenvalue weighted by Gasteiger charge is -2.39. The Morgan fingerprint density at radius 2 is 1.72 bits per heavy atom. The molecule has 1 atom stereocenters. The molecule has 1 aromatic rings. The van der Waals surface area contributed by atoms with Crippen molar-refractivity contribution < 1.29 is 4.74 Å². The fourth-order valence-corrected chi connectivity index (χ4v) is 5.83. The molecule has 3 rings (SSSR count). The first-order valence-electron chi connectivity index (χ1n) is 12.6. The predicted molar refractivity (Wildman–Crippen MR) is 126 cm³/mol. The summed E-state index contributed by atoms with van der Waals surface area (Å²) in [5, 5.41) is 0. The van der Waals surface area contributed by atoms with E-state index in [4.69, 9.17) is 4.74 Å². The maximum Gasteiger partial charge on any atom is 0.118 e. The van der Waals surface area contributed by atoms with Gasteiger partial charge >= 0.3 is 0 Å². The lowest BCUT2D eigenvalue weighted by atomic mass is 9.66.